The van der Waals surface area contributed by atoms with E-state index in [4.69, 9.17) is 5.73 Å². The molecule has 1 heterocycles. The topological polar surface area (TPSA) is 63.3 Å². The van der Waals surface area contributed by atoms with Gasteiger partial charge in [0.1, 0.15) is 17.5 Å². The van der Waals surface area contributed by atoms with Crippen molar-refractivity contribution in [1.82, 2.24) is 4.98 Å². The Balaban J connectivity index is 2.11. The van der Waals surface area contributed by atoms with Gasteiger partial charge in [-0.3, -0.25) is 5.43 Å². The predicted molar refractivity (Wildman–Crippen MR) is 76.8 cm³/mol. The Morgan fingerprint density at radius 1 is 1.39 bits per heavy atom. The second-order valence-electron chi connectivity index (χ2n) is 3.24. The fraction of sp³-hybridized carbons (Fsp3) is 0. The van der Waals surface area contributed by atoms with Crippen molar-refractivity contribution < 1.29 is 8.78 Å². The van der Waals surface area contributed by atoms with E-state index in [0.717, 1.165) is 6.07 Å². The summed E-state index contributed by atoms with van der Waals surface area (Å²) >= 11 is 3.06. The van der Waals surface area contributed by atoms with Crippen molar-refractivity contribution in [3.05, 3.63) is 38.3 Å². The zero-order valence-electron chi connectivity index (χ0n) is 8.82. The largest absolute Gasteiger partial charge is 0.383 e. The number of nitrogens with zero attached hydrogens (tertiary/aromatic N) is 2. The highest BCUT2D eigenvalue weighted by molar-refractivity contribution is 14.1. The van der Waals surface area contributed by atoms with Gasteiger partial charge in [0, 0.05) is 20.6 Å². The lowest BCUT2D eigenvalue weighted by atomic mass is 10.2. The van der Waals surface area contributed by atoms with Crippen LogP contribution in [0, 0.1) is 15.2 Å². The number of anilines is 2. The lowest BCUT2D eigenvalue weighted by Gasteiger charge is -1.99. The lowest BCUT2D eigenvalue weighted by Crippen LogP contribution is -1.96. The Morgan fingerprint density at radius 2 is 2.17 bits per heavy atom. The monoisotopic (exact) mass is 380 g/mol. The van der Waals surface area contributed by atoms with Crippen LogP contribution in [-0.4, -0.2) is 11.2 Å². The van der Waals surface area contributed by atoms with E-state index in [1.54, 1.807) is 28.0 Å². The number of hydrogen-bond donors (Lipinski definition) is 2. The highest BCUT2D eigenvalue weighted by atomic mass is 127. The van der Waals surface area contributed by atoms with Gasteiger partial charge in [-0.15, -0.1) is 11.3 Å². The van der Waals surface area contributed by atoms with Gasteiger partial charge in [-0.05, 0) is 28.7 Å². The molecule has 0 saturated carbocycles. The number of thiazole rings is 1. The number of nitrogens with two attached hydrogens (primary N) is 1. The number of hydrazone groups is 1. The summed E-state index contributed by atoms with van der Waals surface area (Å²) < 4.78 is 26.7. The van der Waals surface area contributed by atoms with Crippen molar-refractivity contribution in [2.24, 2.45) is 5.10 Å². The van der Waals surface area contributed by atoms with E-state index in [-0.39, 0.29) is 5.56 Å². The summed E-state index contributed by atoms with van der Waals surface area (Å²) in [5.74, 6) is -0.872. The number of hydrogen-bond acceptors (Lipinski definition) is 5. The van der Waals surface area contributed by atoms with Crippen LogP contribution in [0.2, 0.25) is 0 Å². The van der Waals surface area contributed by atoms with Crippen LogP contribution < -0.4 is 11.2 Å². The molecule has 0 fully saturated rings. The van der Waals surface area contributed by atoms with Crippen LogP contribution in [0.25, 0.3) is 0 Å². The Morgan fingerprint density at radius 3 is 2.83 bits per heavy atom. The van der Waals surface area contributed by atoms with Gasteiger partial charge < -0.3 is 5.73 Å². The Labute approximate surface area is 119 Å². The molecule has 0 amide bonds. The number of aromatic nitrogens is 1. The van der Waals surface area contributed by atoms with Gasteiger partial charge in [-0.1, -0.05) is 0 Å². The molecule has 2 aromatic rings. The molecule has 0 spiro atoms. The molecule has 1 aromatic carbocycles. The van der Waals surface area contributed by atoms with Gasteiger partial charge in [0.2, 0.25) is 5.13 Å². The zero-order valence-corrected chi connectivity index (χ0v) is 11.8. The predicted octanol–water partition coefficient (Wildman–Crippen LogP) is 3.05. The highest BCUT2D eigenvalue weighted by Gasteiger charge is 2.06. The molecule has 4 nitrogen and oxygen atoms in total. The first-order valence-corrected chi connectivity index (χ1v) is 6.66. The Hall–Kier alpha value is -1.29. The molecule has 0 unspecified atom stereocenters. The third-order valence-electron chi connectivity index (χ3n) is 1.93. The van der Waals surface area contributed by atoms with E-state index in [2.05, 4.69) is 15.5 Å². The first-order valence-electron chi connectivity index (χ1n) is 4.71. The fourth-order valence-corrected chi connectivity index (χ4v) is 2.17. The smallest absolute Gasteiger partial charge is 0.205 e. The molecular formula is C10H7F2IN4S. The minimum absolute atomic E-state index is 0.192. The minimum atomic E-state index is -0.669. The summed E-state index contributed by atoms with van der Waals surface area (Å²) in [5, 5.41) is 5.96. The molecule has 0 aliphatic rings. The van der Waals surface area contributed by atoms with Crippen LogP contribution in [0.15, 0.2) is 22.6 Å². The van der Waals surface area contributed by atoms with E-state index < -0.39 is 11.6 Å². The van der Waals surface area contributed by atoms with Crippen LogP contribution in [0.5, 0.6) is 0 Å². The third-order valence-corrected chi connectivity index (χ3v) is 3.52. The van der Waals surface area contributed by atoms with E-state index in [1.165, 1.54) is 23.6 Å². The molecule has 0 aliphatic carbocycles. The molecule has 1 aromatic heterocycles. The summed E-state index contributed by atoms with van der Waals surface area (Å²) in [5.41, 5.74) is 8.23. The molecule has 0 radical (unpaired) electrons. The van der Waals surface area contributed by atoms with E-state index >= 15 is 0 Å². The SMILES string of the molecule is Nc1csc(NN=Cc2cc(I)c(F)cc2F)n1. The maximum absolute atomic E-state index is 13.4. The molecule has 94 valence electrons. The first kappa shape index (κ1) is 13.1. The highest BCUT2D eigenvalue weighted by Crippen LogP contribution is 2.17. The Kier molecular flexibility index (Phi) is 4.07. The van der Waals surface area contributed by atoms with Gasteiger partial charge >= 0.3 is 0 Å². The average Bonchev–Trinajstić information content (AvgIpc) is 2.71. The first-order chi connectivity index (χ1) is 8.56. The standard InChI is InChI=1S/C10H7F2IN4S/c11-6-2-7(12)8(13)1-5(6)3-15-17-10-16-9(14)4-18-10/h1-4H,14H2,(H,16,17). The number of halogens is 3. The average molecular weight is 380 g/mol. The summed E-state index contributed by atoms with van der Waals surface area (Å²) in [4.78, 5) is 3.91. The van der Waals surface area contributed by atoms with Crippen molar-refractivity contribution in [1.29, 1.82) is 0 Å². The number of nitrogens with one attached hydrogen (secondary N) is 1. The second kappa shape index (κ2) is 5.57. The number of nitrogen functional groups attached to an aromatic ring is 1. The second-order valence-corrected chi connectivity index (χ2v) is 5.26. The molecule has 0 bridgehead atoms. The normalized spacial score (nSPS) is 11.1. The quantitative estimate of drug-likeness (QED) is 0.373. The number of rotatable bonds is 3. The van der Waals surface area contributed by atoms with Crippen LogP contribution in [0.1, 0.15) is 5.56 Å². The van der Waals surface area contributed by atoms with Gasteiger partial charge in [0.05, 0.1) is 6.21 Å². The minimum Gasteiger partial charge on any atom is -0.383 e. The van der Waals surface area contributed by atoms with E-state index in [0.29, 0.717) is 14.5 Å². The van der Waals surface area contributed by atoms with Crippen LogP contribution in [-0.2, 0) is 0 Å². The van der Waals surface area contributed by atoms with Crippen molar-refractivity contribution in [2.75, 3.05) is 11.2 Å². The molecule has 18 heavy (non-hydrogen) atoms. The molecule has 0 saturated heterocycles. The van der Waals surface area contributed by atoms with Gasteiger partial charge in [-0.2, -0.15) is 5.10 Å². The summed E-state index contributed by atoms with van der Waals surface area (Å²) in [7, 11) is 0. The van der Waals surface area contributed by atoms with Gasteiger partial charge in [-0.25, -0.2) is 13.8 Å². The van der Waals surface area contributed by atoms with Crippen LogP contribution >= 0.6 is 33.9 Å². The number of benzene rings is 1. The summed E-state index contributed by atoms with van der Waals surface area (Å²) in [6, 6.07) is 2.19. The maximum Gasteiger partial charge on any atom is 0.205 e. The maximum atomic E-state index is 13.4. The molecule has 0 aliphatic heterocycles. The Bertz CT molecular complexity index is 600. The zero-order chi connectivity index (χ0) is 13.1. The van der Waals surface area contributed by atoms with Crippen molar-refractivity contribution >= 4 is 51.1 Å². The van der Waals surface area contributed by atoms with E-state index in [9.17, 15) is 8.78 Å². The molecular weight excluding hydrogens is 373 g/mol. The molecule has 2 rings (SSSR count). The van der Waals surface area contributed by atoms with Crippen LogP contribution in [0.3, 0.4) is 0 Å². The third kappa shape index (κ3) is 3.13. The van der Waals surface area contributed by atoms with Crippen LogP contribution in [0.4, 0.5) is 19.7 Å². The summed E-state index contributed by atoms with van der Waals surface area (Å²) in [6.45, 7) is 0. The van der Waals surface area contributed by atoms with Crippen molar-refractivity contribution in [3.63, 3.8) is 0 Å². The molecule has 8 heteroatoms. The molecule has 3 N–H and O–H groups in total. The van der Waals surface area contributed by atoms with Crippen molar-refractivity contribution in [3.8, 4) is 0 Å². The lowest BCUT2D eigenvalue weighted by molar-refractivity contribution is 0.577. The molecule has 0 atom stereocenters. The van der Waals surface area contributed by atoms with Gasteiger partial charge in [0.25, 0.3) is 0 Å². The fourth-order valence-electron chi connectivity index (χ4n) is 1.13. The van der Waals surface area contributed by atoms with E-state index in [1.807, 2.05) is 0 Å². The summed E-state index contributed by atoms with van der Waals surface area (Å²) in [6.07, 6.45) is 1.26. The van der Waals surface area contributed by atoms with Gasteiger partial charge in [0.15, 0.2) is 0 Å². The van der Waals surface area contributed by atoms with Crippen molar-refractivity contribution in [2.45, 2.75) is 0 Å².